The lowest BCUT2D eigenvalue weighted by Crippen LogP contribution is -2.62. The highest BCUT2D eigenvalue weighted by Crippen LogP contribution is 2.25. The summed E-state index contributed by atoms with van der Waals surface area (Å²) in [6.45, 7) is 2.83. The number of halogens is 1. The Morgan fingerprint density at radius 1 is 1.44 bits per heavy atom. The van der Waals surface area contributed by atoms with Crippen LogP contribution >= 0.6 is 11.6 Å². The molecule has 0 aromatic carbocycles. The number of hydrogen-bond acceptors (Lipinski definition) is 4. The largest absolute Gasteiger partial charge is 0.389 e. The molecule has 4 nitrogen and oxygen atoms in total. The molecule has 18 heavy (non-hydrogen) atoms. The molecule has 5 atom stereocenters. The lowest BCUT2D eigenvalue weighted by molar-refractivity contribution is -0.0266. The summed E-state index contributed by atoms with van der Waals surface area (Å²) in [5.41, 5.74) is -0.101. The van der Waals surface area contributed by atoms with E-state index in [1.165, 1.54) is 0 Å². The van der Waals surface area contributed by atoms with Crippen LogP contribution in [0.4, 0.5) is 0 Å². The van der Waals surface area contributed by atoms with Gasteiger partial charge in [0.1, 0.15) is 6.23 Å². The van der Waals surface area contributed by atoms with Gasteiger partial charge in [0.25, 0.3) is 0 Å². The van der Waals surface area contributed by atoms with Gasteiger partial charge >= 0.3 is 0 Å². The predicted molar refractivity (Wildman–Crippen MR) is 72.2 cm³/mol. The van der Waals surface area contributed by atoms with Gasteiger partial charge in [0, 0.05) is 18.9 Å². The van der Waals surface area contributed by atoms with E-state index in [0.29, 0.717) is 0 Å². The van der Waals surface area contributed by atoms with E-state index in [0.717, 1.165) is 32.3 Å². The molecular formula is C13H23ClN2O2. The third kappa shape index (κ3) is 3.68. The van der Waals surface area contributed by atoms with Crippen LogP contribution in [-0.4, -0.2) is 35.7 Å². The highest BCUT2D eigenvalue weighted by molar-refractivity contribution is 6.20. The van der Waals surface area contributed by atoms with Gasteiger partial charge in [-0.05, 0) is 19.3 Å². The molecule has 0 saturated carbocycles. The highest BCUT2D eigenvalue weighted by atomic mass is 35.5. The molecule has 0 radical (unpaired) electrons. The molecule has 0 amide bonds. The van der Waals surface area contributed by atoms with Crippen LogP contribution in [0.2, 0.25) is 0 Å². The fourth-order valence-corrected chi connectivity index (χ4v) is 2.89. The van der Waals surface area contributed by atoms with E-state index < -0.39 is 6.10 Å². The number of allylic oxidation sites excluding steroid dienone is 1. The first-order valence-electron chi connectivity index (χ1n) is 6.83. The standard InChI is InChI=1S/C13H23ClN2O2/c1-2-7-18-12-8-11(14)15-13(16-12)9-5-3-4-6-10(9)17/h4,6,9-13,15-17H,2-3,5,7-8H2,1H3. The van der Waals surface area contributed by atoms with Crippen molar-refractivity contribution in [3.05, 3.63) is 12.2 Å². The molecule has 1 aliphatic carbocycles. The zero-order valence-electron chi connectivity index (χ0n) is 10.8. The average Bonchev–Trinajstić information content (AvgIpc) is 2.36. The Hall–Kier alpha value is -0.130. The molecule has 3 N–H and O–H groups in total. The molecule has 5 heteroatoms. The normalized spacial score (nSPS) is 40.9. The first-order valence-corrected chi connectivity index (χ1v) is 7.27. The first kappa shape index (κ1) is 14.3. The molecule has 5 unspecified atom stereocenters. The molecule has 1 aliphatic heterocycles. The van der Waals surface area contributed by atoms with E-state index in [-0.39, 0.29) is 23.8 Å². The van der Waals surface area contributed by atoms with Gasteiger partial charge in [-0.2, -0.15) is 0 Å². The van der Waals surface area contributed by atoms with E-state index >= 15 is 0 Å². The number of nitrogens with one attached hydrogen (secondary N) is 2. The minimum absolute atomic E-state index is 0.0167. The molecule has 0 bridgehead atoms. The van der Waals surface area contributed by atoms with Crippen LogP contribution in [-0.2, 0) is 4.74 Å². The average molecular weight is 275 g/mol. The van der Waals surface area contributed by atoms with Crippen LogP contribution in [0.15, 0.2) is 12.2 Å². The van der Waals surface area contributed by atoms with Crippen molar-refractivity contribution >= 4 is 11.6 Å². The summed E-state index contributed by atoms with van der Waals surface area (Å²) in [6, 6.07) is 0. The smallest absolute Gasteiger partial charge is 0.112 e. The number of rotatable bonds is 4. The molecule has 104 valence electrons. The third-order valence-corrected chi connectivity index (χ3v) is 3.84. The third-order valence-electron chi connectivity index (χ3n) is 3.54. The highest BCUT2D eigenvalue weighted by Gasteiger charge is 2.35. The van der Waals surface area contributed by atoms with Crippen LogP contribution in [0.5, 0.6) is 0 Å². The lowest BCUT2D eigenvalue weighted by Gasteiger charge is -2.41. The zero-order chi connectivity index (χ0) is 13.0. The molecule has 2 aliphatic rings. The Balaban J connectivity index is 1.93. The number of aliphatic hydroxyl groups excluding tert-OH is 1. The predicted octanol–water partition coefficient (Wildman–Crippen LogP) is 1.54. The number of aliphatic hydroxyl groups is 1. The van der Waals surface area contributed by atoms with Crippen molar-refractivity contribution < 1.29 is 9.84 Å². The zero-order valence-corrected chi connectivity index (χ0v) is 11.6. The van der Waals surface area contributed by atoms with E-state index in [4.69, 9.17) is 16.3 Å². The maximum Gasteiger partial charge on any atom is 0.112 e. The van der Waals surface area contributed by atoms with Gasteiger partial charge in [0.05, 0.1) is 17.8 Å². The fraction of sp³-hybridized carbons (Fsp3) is 0.846. The van der Waals surface area contributed by atoms with Gasteiger partial charge in [-0.25, -0.2) is 0 Å². The van der Waals surface area contributed by atoms with Crippen molar-refractivity contribution in [2.75, 3.05) is 6.61 Å². The second kappa shape index (κ2) is 6.87. The first-order chi connectivity index (χ1) is 8.70. The number of ether oxygens (including phenoxy) is 1. The van der Waals surface area contributed by atoms with Crippen molar-refractivity contribution in [3.8, 4) is 0 Å². The molecule has 0 spiro atoms. The van der Waals surface area contributed by atoms with Crippen molar-refractivity contribution in [2.24, 2.45) is 5.92 Å². The Labute approximate surface area is 114 Å². The van der Waals surface area contributed by atoms with Crippen molar-refractivity contribution in [3.63, 3.8) is 0 Å². The van der Waals surface area contributed by atoms with Gasteiger partial charge in [-0.3, -0.25) is 10.6 Å². The Morgan fingerprint density at radius 3 is 3.00 bits per heavy atom. The van der Waals surface area contributed by atoms with Crippen molar-refractivity contribution in [1.29, 1.82) is 0 Å². The minimum Gasteiger partial charge on any atom is -0.389 e. The van der Waals surface area contributed by atoms with E-state index in [1.54, 1.807) is 0 Å². The number of alkyl halides is 1. The van der Waals surface area contributed by atoms with Crippen LogP contribution in [0.3, 0.4) is 0 Å². The summed E-state index contributed by atoms with van der Waals surface area (Å²) < 4.78 is 5.72. The van der Waals surface area contributed by atoms with Gasteiger partial charge in [-0.1, -0.05) is 19.1 Å². The Kier molecular flexibility index (Phi) is 5.45. The monoisotopic (exact) mass is 274 g/mol. The summed E-state index contributed by atoms with van der Waals surface area (Å²) >= 11 is 6.22. The van der Waals surface area contributed by atoms with Gasteiger partial charge < -0.3 is 9.84 Å². The quantitative estimate of drug-likeness (QED) is 0.414. The van der Waals surface area contributed by atoms with Crippen molar-refractivity contribution in [1.82, 2.24) is 10.6 Å². The summed E-state index contributed by atoms with van der Waals surface area (Å²) in [6.07, 6.45) is 7.22. The van der Waals surface area contributed by atoms with Crippen LogP contribution < -0.4 is 10.6 Å². The molecule has 1 heterocycles. The van der Waals surface area contributed by atoms with Crippen LogP contribution in [0.25, 0.3) is 0 Å². The van der Waals surface area contributed by atoms with E-state index in [1.807, 2.05) is 12.2 Å². The van der Waals surface area contributed by atoms with Crippen molar-refractivity contribution in [2.45, 2.75) is 56.6 Å². The van der Waals surface area contributed by atoms with E-state index in [2.05, 4.69) is 17.6 Å². The second-order valence-electron chi connectivity index (χ2n) is 5.03. The molecule has 0 aromatic heterocycles. The maximum atomic E-state index is 10.0. The van der Waals surface area contributed by atoms with Gasteiger partial charge in [0.2, 0.25) is 0 Å². The maximum absolute atomic E-state index is 10.0. The van der Waals surface area contributed by atoms with E-state index in [9.17, 15) is 5.11 Å². The van der Waals surface area contributed by atoms with Crippen LogP contribution in [0.1, 0.15) is 32.6 Å². The summed E-state index contributed by atoms with van der Waals surface area (Å²) in [7, 11) is 0. The summed E-state index contributed by atoms with van der Waals surface area (Å²) in [5, 5.41) is 16.7. The number of hydrogen-bond donors (Lipinski definition) is 3. The molecular weight excluding hydrogens is 252 g/mol. The molecule has 0 aromatic rings. The summed E-state index contributed by atoms with van der Waals surface area (Å²) in [5.74, 6) is 0.157. The second-order valence-corrected chi connectivity index (χ2v) is 5.56. The molecule has 1 fully saturated rings. The van der Waals surface area contributed by atoms with Crippen LogP contribution in [0, 0.1) is 5.92 Å². The lowest BCUT2D eigenvalue weighted by atomic mass is 9.88. The SMILES string of the molecule is CCCOC1CC(Cl)NC(C2CCC=CC2O)N1. The fourth-order valence-electron chi connectivity index (χ4n) is 2.59. The van der Waals surface area contributed by atoms with Gasteiger partial charge in [0.15, 0.2) is 0 Å². The molecule has 1 saturated heterocycles. The summed E-state index contributed by atoms with van der Waals surface area (Å²) in [4.78, 5) is 0. The Morgan fingerprint density at radius 2 is 2.28 bits per heavy atom. The minimum atomic E-state index is -0.405. The van der Waals surface area contributed by atoms with Gasteiger partial charge in [-0.15, -0.1) is 11.6 Å². The molecule has 2 rings (SSSR count). The Bertz CT molecular complexity index is 288. The topological polar surface area (TPSA) is 53.5 Å².